The fourth-order valence-corrected chi connectivity index (χ4v) is 3.14. The van der Waals surface area contributed by atoms with Gasteiger partial charge in [-0.25, -0.2) is 4.98 Å². The van der Waals surface area contributed by atoms with E-state index in [2.05, 4.69) is 36.1 Å². The van der Waals surface area contributed by atoms with Gasteiger partial charge in [0.2, 0.25) is 0 Å². The number of pyridine rings is 1. The van der Waals surface area contributed by atoms with E-state index in [0.717, 1.165) is 41.3 Å². The highest BCUT2D eigenvalue weighted by molar-refractivity contribution is 6.05. The molecule has 0 amide bonds. The number of rotatable bonds is 2. The number of nitrogens with zero attached hydrogens (tertiary/aromatic N) is 2. The molecule has 0 unspecified atom stereocenters. The normalized spacial score (nSPS) is 16.9. The number of aromatic nitrogens is 1. The van der Waals surface area contributed by atoms with Gasteiger partial charge in [-0.15, -0.1) is 0 Å². The highest BCUT2D eigenvalue weighted by atomic mass is 16.1. The largest absolute Gasteiger partial charge is 0.356 e. The summed E-state index contributed by atoms with van der Waals surface area (Å²) in [6, 6.07) is 12.4. The van der Waals surface area contributed by atoms with Crippen LogP contribution in [0.4, 0.5) is 5.82 Å². The molecule has 3 nitrogen and oxygen atoms in total. The summed E-state index contributed by atoms with van der Waals surface area (Å²) in [7, 11) is 0. The van der Waals surface area contributed by atoms with Crippen molar-refractivity contribution < 1.29 is 4.79 Å². The molecular formula is C19H18N2O. The van der Waals surface area contributed by atoms with Gasteiger partial charge in [0.25, 0.3) is 0 Å². The summed E-state index contributed by atoms with van der Waals surface area (Å²) >= 11 is 0. The number of fused-ring (bicyclic) bond motifs is 1. The highest BCUT2D eigenvalue weighted by Gasteiger charge is 2.23. The van der Waals surface area contributed by atoms with Crippen LogP contribution in [0.15, 0.2) is 42.5 Å². The summed E-state index contributed by atoms with van der Waals surface area (Å²) in [5.74, 6) is 1.14. The SMILES string of the molecule is Cc1ccccc1C1=CC(=O)Cc2nc(N3CCC3)ccc21. The van der Waals surface area contributed by atoms with Crippen molar-refractivity contribution in [3.05, 3.63) is 64.9 Å². The molecule has 2 heterocycles. The van der Waals surface area contributed by atoms with Gasteiger partial charge >= 0.3 is 0 Å². The van der Waals surface area contributed by atoms with E-state index in [4.69, 9.17) is 4.98 Å². The third-order valence-electron chi connectivity index (χ3n) is 4.51. The van der Waals surface area contributed by atoms with E-state index < -0.39 is 0 Å². The van der Waals surface area contributed by atoms with Crippen molar-refractivity contribution in [3.63, 3.8) is 0 Å². The number of hydrogen-bond donors (Lipinski definition) is 0. The number of anilines is 1. The minimum absolute atomic E-state index is 0.138. The summed E-state index contributed by atoms with van der Waals surface area (Å²) in [6.07, 6.45) is 3.41. The summed E-state index contributed by atoms with van der Waals surface area (Å²) in [5.41, 5.74) is 5.32. The van der Waals surface area contributed by atoms with Gasteiger partial charge in [0.15, 0.2) is 5.78 Å². The summed E-state index contributed by atoms with van der Waals surface area (Å²) in [5, 5.41) is 0. The third kappa shape index (κ3) is 2.13. The lowest BCUT2D eigenvalue weighted by Crippen LogP contribution is -2.37. The minimum atomic E-state index is 0.138. The van der Waals surface area contributed by atoms with Gasteiger partial charge in [-0.3, -0.25) is 4.79 Å². The zero-order valence-corrected chi connectivity index (χ0v) is 12.7. The van der Waals surface area contributed by atoms with E-state index in [1.165, 1.54) is 12.0 Å². The number of carbonyl (C=O) groups is 1. The predicted octanol–water partition coefficient (Wildman–Crippen LogP) is 3.16. The topological polar surface area (TPSA) is 33.2 Å². The van der Waals surface area contributed by atoms with Crippen molar-refractivity contribution in [2.45, 2.75) is 19.8 Å². The van der Waals surface area contributed by atoms with Crippen LogP contribution in [0.5, 0.6) is 0 Å². The fourth-order valence-electron chi connectivity index (χ4n) is 3.14. The fraction of sp³-hybridized carbons (Fsp3) is 0.263. The Morgan fingerprint density at radius 1 is 1.05 bits per heavy atom. The molecule has 1 fully saturated rings. The van der Waals surface area contributed by atoms with Crippen LogP contribution >= 0.6 is 0 Å². The molecule has 0 bridgehead atoms. The molecule has 22 heavy (non-hydrogen) atoms. The van der Waals surface area contributed by atoms with Crippen molar-refractivity contribution in [1.82, 2.24) is 4.98 Å². The average Bonchev–Trinajstić information content (AvgIpc) is 2.45. The Labute approximate surface area is 130 Å². The molecule has 4 rings (SSSR count). The first-order valence-electron chi connectivity index (χ1n) is 7.78. The van der Waals surface area contributed by atoms with Crippen LogP contribution in [0.2, 0.25) is 0 Å². The van der Waals surface area contributed by atoms with Crippen LogP contribution < -0.4 is 4.90 Å². The minimum Gasteiger partial charge on any atom is -0.356 e. The molecule has 1 aromatic carbocycles. The molecule has 0 saturated carbocycles. The molecule has 1 aliphatic carbocycles. The van der Waals surface area contributed by atoms with Crippen LogP contribution in [0, 0.1) is 6.92 Å². The second kappa shape index (κ2) is 5.09. The number of carbonyl (C=O) groups excluding carboxylic acids is 1. The zero-order valence-electron chi connectivity index (χ0n) is 12.7. The van der Waals surface area contributed by atoms with E-state index in [1.807, 2.05) is 12.1 Å². The average molecular weight is 290 g/mol. The Hall–Kier alpha value is -2.42. The molecule has 3 heteroatoms. The van der Waals surface area contributed by atoms with Gasteiger partial charge in [-0.05, 0) is 48.3 Å². The Balaban J connectivity index is 1.82. The molecule has 1 aliphatic heterocycles. The monoisotopic (exact) mass is 290 g/mol. The Morgan fingerprint density at radius 3 is 2.59 bits per heavy atom. The lowest BCUT2D eigenvalue weighted by Gasteiger charge is -2.33. The standard InChI is InChI=1S/C19H18N2O/c1-13-5-2-3-6-15(13)17-11-14(22)12-18-16(17)7-8-19(20-18)21-9-4-10-21/h2-3,5-8,11H,4,9-10,12H2,1H3. The molecular weight excluding hydrogens is 272 g/mol. The van der Waals surface area contributed by atoms with Gasteiger partial charge in [-0.1, -0.05) is 24.3 Å². The summed E-state index contributed by atoms with van der Waals surface area (Å²) in [6.45, 7) is 4.22. The molecule has 0 N–H and O–H groups in total. The van der Waals surface area contributed by atoms with Crippen molar-refractivity contribution >= 4 is 17.2 Å². The number of aryl methyl sites for hydroxylation is 1. The lowest BCUT2D eigenvalue weighted by atomic mass is 9.87. The van der Waals surface area contributed by atoms with Crippen LogP contribution in [0.3, 0.4) is 0 Å². The first-order valence-corrected chi connectivity index (χ1v) is 7.78. The quantitative estimate of drug-likeness (QED) is 0.852. The first kappa shape index (κ1) is 13.3. The number of benzene rings is 1. The van der Waals surface area contributed by atoms with Crippen molar-refractivity contribution in [3.8, 4) is 0 Å². The van der Waals surface area contributed by atoms with Gasteiger partial charge in [0, 0.05) is 18.7 Å². The summed E-state index contributed by atoms with van der Waals surface area (Å²) < 4.78 is 0. The Morgan fingerprint density at radius 2 is 1.86 bits per heavy atom. The van der Waals surface area contributed by atoms with Gasteiger partial charge in [0.05, 0.1) is 12.1 Å². The smallest absolute Gasteiger partial charge is 0.162 e. The van der Waals surface area contributed by atoms with E-state index in [9.17, 15) is 4.79 Å². The van der Waals surface area contributed by atoms with Gasteiger partial charge in [0.1, 0.15) is 5.82 Å². The number of ketones is 1. The molecule has 0 spiro atoms. The molecule has 2 aromatic rings. The molecule has 110 valence electrons. The van der Waals surface area contributed by atoms with E-state index >= 15 is 0 Å². The Bertz CT molecular complexity index is 788. The Kier molecular flexibility index (Phi) is 3.07. The second-order valence-electron chi connectivity index (χ2n) is 6.02. The van der Waals surface area contributed by atoms with E-state index in [0.29, 0.717) is 6.42 Å². The lowest BCUT2D eigenvalue weighted by molar-refractivity contribution is -0.114. The third-order valence-corrected chi connectivity index (χ3v) is 4.51. The van der Waals surface area contributed by atoms with Gasteiger partial charge < -0.3 is 4.90 Å². The van der Waals surface area contributed by atoms with Crippen LogP contribution in [0.1, 0.15) is 28.8 Å². The van der Waals surface area contributed by atoms with Crippen molar-refractivity contribution in [2.24, 2.45) is 0 Å². The van der Waals surface area contributed by atoms with Crippen molar-refractivity contribution in [2.75, 3.05) is 18.0 Å². The molecule has 1 saturated heterocycles. The van der Waals surface area contributed by atoms with Crippen molar-refractivity contribution in [1.29, 1.82) is 0 Å². The van der Waals surface area contributed by atoms with Crippen LogP contribution in [0.25, 0.3) is 5.57 Å². The van der Waals surface area contributed by atoms with E-state index in [-0.39, 0.29) is 5.78 Å². The van der Waals surface area contributed by atoms with E-state index in [1.54, 1.807) is 6.08 Å². The predicted molar refractivity (Wildman–Crippen MR) is 88.0 cm³/mol. The highest BCUT2D eigenvalue weighted by Crippen LogP contribution is 2.33. The maximum atomic E-state index is 12.2. The second-order valence-corrected chi connectivity index (χ2v) is 6.02. The maximum absolute atomic E-state index is 12.2. The molecule has 0 radical (unpaired) electrons. The summed E-state index contributed by atoms with van der Waals surface area (Å²) in [4.78, 5) is 19.2. The van der Waals surface area contributed by atoms with Crippen LogP contribution in [-0.4, -0.2) is 23.9 Å². The molecule has 0 atom stereocenters. The number of allylic oxidation sites excluding steroid dienone is 1. The molecule has 2 aliphatic rings. The van der Waals surface area contributed by atoms with Gasteiger partial charge in [-0.2, -0.15) is 0 Å². The maximum Gasteiger partial charge on any atom is 0.162 e. The zero-order chi connectivity index (χ0) is 15.1. The van der Waals surface area contributed by atoms with Crippen LogP contribution in [-0.2, 0) is 11.2 Å². The molecule has 1 aromatic heterocycles. The first-order chi connectivity index (χ1) is 10.7. The number of hydrogen-bond acceptors (Lipinski definition) is 3.